The molecule has 1 saturated carbocycles. The second kappa shape index (κ2) is 11.7. The predicted octanol–water partition coefficient (Wildman–Crippen LogP) is 5.43. The Kier molecular flexibility index (Phi) is 8.60. The van der Waals surface area contributed by atoms with Crippen LogP contribution in [0, 0.1) is 18.6 Å². The number of aryl methyl sites for hydroxylation is 1. The summed E-state index contributed by atoms with van der Waals surface area (Å²) < 4.78 is 67.3. The number of pyridine rings is 1. The Morgan fingerprint density at radius 2 is 1.69 bits per heavy atom. The zero-order chi connectivity index (χ0) is 28.3. The fourth-order valence-electron chi connectivity index (χ4n) is 4.75. The first kappa shape index (κ1) is 28.6. The monoisotopic (exact) mass is 561 g/mol. The van der Waals surface area contributed by atoms with Gasteiger partial charge in [-0.05, 0) is 84.0 Å². The van der Waals surface area contributed by atoms with Crippen molar-refractivity contribution in [1.29, 1.82) is 0 Å². The summed E-state index contributed by atoms with van der Waals surface area (Å²) in [4.78, 5) is 17.4. The van der Waals surface area contributed by atoms with Crippen molar-refractivity contribution in [3.63, 3.8) is 0 Å². The van der Waals surface area contributed by atoms with E-state index in [1.807, 2.05) is 0 Å². The fraction of sp³-hybridized carbons (Fsp3) is 0.393. The van der Waals surface area contributed by atoms with Crippen LogP contribution in [0.4, 0.5) is 14.5 Å². The van der Waals surface area contributed by atoms with Crippen LogP contribution in [0.25, 0.3) is 11.1 Å². The summed E-state index contributed by atoms with van der Waals surface area (Å²) in [6.07, 6.45) is 3.37. The lowest BCUT2D eigenvalue weighted by atomic mass is 9.92. The second-order valence-corrected chi connectivity index (χ2v) is 11.9. The van der Waals surface area contributed by atoms with Crippen LogP contribution in [0.15, 0.2) is 47.3 Å². The number of nitrogens with one attached hydrogen (secondary N) is 2. The Balaban J connectivity index is 1.79. The molecular formula is C28H33F2N3O5S. The summed E-state index contributed by atoms with van der Waals surface area (Å²) in [7, 11) is 0.500. The highest BCUT2D eigenvalue weighted by atomic mass is 32.2. The van der Waals surface area contributed by atoms with E-state index in [0.717, 1.165) is 31.7 Å². The van der Waals surface area contributed by atoms with Crippen LogP contribution in [0.5, 0.6) is 17.2 Å². The maximum absolute atomic E-state index is 14.5. The smallest absolute Gasteiger partial charge is 0.251 e. The minimum Gasteiger partial charge on any atom is -0.490 e. The van der Waals surface area contributed by atoms with E-state index < -0.39 is 21.7 Å². The molecule has 0 unspecified atom stereocenters. The van der Waals surface area contributed by atoms with Crippen LogP contribution in [-0.2, 0) is 10.0 Å². The number of nitrogens with zero attached hydrogens (tertiary/aromatic N) is 1. The van der Waals surface area contributed by atoms with Gasteiger partial charge in [0.1, 0.15) is 17.3 Å². The largest absolute Gasteiger partial charge is 0.490 e. The van der Waals surface area contributed by atoms with Crippen molar-refractivity contribution < 1.29 is 26.7 Å². The van der Waals surface area contributed by atoms with Crippen molar-refractivity contribution in [2.45, 2.75) is 51.7 Å². The number of anilines is 1. The van der Waals surface area contributed by atoms with E-state index in [4.69, 9.17) is 9.47 Å². The van der Waals surface area contributed by atoms with Gasteiger partial charge >= 0.3 is 0 Å². The number of hydrogen-bond acceptors (Lipinski definition) is 6. The average molecular weight is 562 g/mol. The summed E-state index contributed by atoms with van der Waals surface area (Å²) in [6, 6.07) is 9.28. The number of rotatable bonds is 9. The number of H-pyrrole nitrogens is 1. The molecule has 0 amide bonds. The zero-order valence-corrected chi connectivity index (χ0v) is 23.2. The molecule has 1 aliphatic carbocycles. The predicted molar refractivity (Wildman–Crippen MR) is 147 cm³/mol. The number of ether oxygens (including phenoxy) is 2. The van der Waals surface area contributed by atoms with Gasteiger partial charge in [0.15, 0.2) is 11.6 Å². The molecule has 0 spiro atoms. The van der Waals surface area contributed by atoms with E-state index in [9.17, 15) is 22.0 Å². The first-order valence-electron chi connectivity index (χ1n) is 12.8. The van der Waals surface area contributed by atoms with Crippen molar-refractivity contribution in [3.05, 3.63) is 70.1 Å². The SMILES string of the molecule is CCS(=O)(=O)Nc1ccc(Oc2ccc(F)cc2F)c(-c2c(O[C@H]3CC[C@H](N(C)C)CC3)cc(=O)[nH]c2C)c1. The first-order chi connectivity index (χ1) is 18.5. The lowest BCUT2D eigenvalue weighted by Crippen LogP contribution is -2.35. The molecule has 210 valence electrons. The third-order valence-corrected chi connectivity index (χ3v) is 8.18. The third-order valence-electron chi connectivity index (χ3n) is 6.88. The van der Waals surface area contributed by atoms with Crippen LogP contribution in [0.3, 0.4) is 0 Å². The van der Waals surface area contributed by atoms with Gasteiger partial charge in [-0.25, -0.2) is 17.2 Å². The summed E-state index contributed by atoms with van der Waals surface area (Å²) in [5, 5.41) is 0. The standard InChI is InChI=1S/C28H33F2N3O5S/c1-5-39(35,36)32-19-7-13-24(38-25-12-6-18(29)14-23(25)30)22(15-19)28-17(2)31-27(34)16-26(28)37-21-10-8-20(9-11-21)33(3)4/h6-7,12-16,20-21,32H,5,8-11H2,1-4H3,(H,31,34)/t20-,21-. The molecule has 0 aliphatic heterocycles. The molecular weight excluding hydrogens is 528 g/mol. The maximum Gasteiger partial charge on any atom is 0.251 e. The van der Waals surface area contributed by atoms with Gasteiger partial charge in [-0.2, -0.15) is 0 Å². The highest BCUT2D eigenvalue weighted by Crippen LogP contribution is 2.42. The number of sulfonamides is 1. The van der Waals surface area contributed by atoms with E-state index in [1.54, 1.807) is 13.0 Å². The van der Waals surface area contributed by atoms with Gasteiger partial charge < -0.3 is 19.4 Å². The highest BCUT2D eigenvalue weighted by Gasteiger charge is 2.26. The van der Waals surface area contributed by atoms with E-state index in [1.165, 1.54) is 31.2 Å². The van der Waals surface area contributed by atoms with Gasteiger partial charge in [-0.3, -0.25) is 9.52 Å². The molecule has 2 aromatic carbocycles. The maximum atomic E-state index is 14.5. The Bertz CT molecular complexity index is 1500. The van der Waals surface area contributed by atoms with Gasteiger partial charge in [-0.1, -0.05) is 0 Å². The van der Waals surface area contributed by atoms with Crippen molar-refractivity contribution in [2.24, 2.45) is 0 Å². The van der Waals surface area contributed by atoms with Crippen LogP contribution in [-0.4, -0.2) is 50.3 Å². The molecule has 4 rings (SSSR count). The van der Waals surface area contributed by atoms with Crippen molar-refractivity contribution in [2.75, 3.05) is 24.6 Å². The molecule has 0 atom stereocenters. The van der Waals surface area contributed by atoms with Crippen LogP contribution < -0.4 is 19.8 Å². The molecule has 0 radical (unpaired) electrons. The number of hydrogen-bond donors (Lipinski definition) is 2. The molecule has 1 aromatic heterocycles. The average Bonchev–Trinajstić information content (AvgIpc) is 2.86. The molecule has 2 N–H and O–H groups in total. The van der Waals surface area contributed by atoms with Crippen molar-refractivity contribution in [1.82, 2.24) is 9.88 Å². The summed E-state index contributed by atoms with van der Waals surface area (Å²) in [5.74, 6) is -1.53. The van der Waals surface area contributed by atoms with E-state index in [2.05, 4.69) is 28.7 Å². The van der Waals surface area contributed by atoms with Gasteiger partial charge in [0.2, 0.25) is 10.0 Å². The number of halogens is 2. The van der Waals surface area contributed by atoms with Gasteiger partial charge in [0.25, 0.3) is 5.56 Å². The summed E-state index contributed by atoms with van der Waals surface area (Å²) >= 11 is 0. The minimum atomic E-state index is -3.60. The molecule has 11 heteroatoms. The van der Waals surface area contributed by atoms with Gasteiger partial charge in [0, 0.05) is 40.7 Å². The summed E-state index contributed by atoms with van der Waals surface area (Å²) in [6.45, 7) is 3.21. The van der Waals surface area contributed by atoms with E-state index in [-0.39, 0.29) is 34.6 Å². The Labute approximate surface area is 227 Å². The Morgan fingerprint density at radius 3 is 2.33 bits per heavy atom. The topological polar surface area (TPSA) is 101 Å². The number of aromatic amines is 1. The van der Waals surface area contributed by atoms with Crippen molar-refractivity contribution >= 4 is 15.7 Å². The number of aromatic nitrogens is 1. The minimum absolute atomic E-state index is 0.123. The molecule has 39 heavy (non-hydrogen) atoms. The second-order valence-electron chi connectivity index (χ2n) is 9.90. The van der Waals surface area contributed by atoms with Crippen LogP contribution in [0.2, 0.25) is 0 Å². The van der Waals surface area contributed by atoms with Crippen LogP contribution >= 0.6 is 0 Å². The van der Waals surface area contributed by atoms with Gasteiger partial charge in [0.05, 0.1) is 11.9 Å². The summed E-state index contributed by atoms with van der Waals surface area (Å²) in [5.41, 5.74) is 1.18. The zero-order valence-electron chi connectivity index (χ0n) is 22.4. The highest BCUT2D eigenvalue weighted by molar-refractivity contribution is 7.92. The lowest BCUT2D eigenvalue weighted by Gasteiger charge is -2.33. The van der Waals surface area contributed by atoms with Crippen LogP contribution in [0.1, 0.15) is 38.3 Å². The molecule has 1 heterocycles. The molecule has 0 bridgehead atoms. The Morgan fingerprint density at radius 1 is 1.00 bits per heavy atom. The fourth-order valence-corrected chi connectivity index (χ4v) is 5.38. The van der Waals surface area contributed by atoms with E-state index >= 15 is 0 Å². The lowest BCUT2D eigenvalue weighted by molar-refractivity contribution is 0.111. The van der Waals surface area contributed by atoms with Gasteiger partial charge in [-0.15, -0.1) is 0 Å². The Hall–Kier alpha value is -3.44. The van der Waals surface area contributed by atoms with E-state index in [0.29, 0.717) is 34.7 Å². The third kappa shape index (κ3) is 6.96. The molecule has 1 aliphatic rings. The quantitative estimate of drug-likeness (QED) is 0.361. The molecule has 8 nitrogen and oxygen atoms in total. The number of benzene rings is 2. The normalized spacial score (nSPS) is 17.7. The molecule has 1 fully saturated rings. The molecule has 3 aromatic rings. The van der Waals surface area contributed by atoms with Crippen molar-refractivity contribution in [3.8, 4) is 28.4 Å². The molecule has 0 saturated heterocycles. The first-order valence-corrected chi connectivity index (χ1v) is 14.5.